The molecule has 1 aliphatic rings. The van der Waals surface area contributed by atoms with E-state index in [-0.39, 0.29) is 5.76 Å². The molecule has 0 spiro atoms. The molecule has 2 rings (SSSR count). The highest BCUT2D eigenvalue weighted by atomic mass is 16.4. The van der Waals surface area contributed by atoms with E-state index in [1.807, 2.05) is 0 Å². The van der Waals surface area contributed by atoms with Crippen molar-refractivity contribution in [3.8, 4) is 0 Å². The molecule has 0 amide bonds. The fraction of sp³-hybridized carbons (Fsp3) is 0.583. The largest absolute Gasteiger partial charge is 0.475 e. The second-order valence-electron chi connectivity index (χ2n) is 4.44. The van der Waals surface area contributed by atoms with Crippen molar-refractivity contribution >= 4 is 5.97 Å². The maximum absolute atomic E-state index is 10.7. The number of hydrogen-bond acceptors (Lipinski definition) is 3. The fourth-order valence-electron chi connectivity index (χ4n) is 1.77. The van der Waals surface area contributed by atoms with Crippen LogP contribution in [0.1, 0.15) is 41.1 Å². The summed E-state index contributed by atoms with van der Waals surface area (Å²) in [7, 11) is 0. The Morgan fingerprint density at radius 1 is 1.62 bits per heavy atom. The van der Waals surface area contributed by atoms with Gasteiger partial charge in [-0.25, -0.2) is 4.79 Å². The Morgan fingerprint density at radius 3 is 2.94 bits per heavy atom. The molecule has 1 heterocycles. The summed E-state index contributed by atoms with van der Waals surface area (Å²) in [5.74, 6) is 0.673. The van der Waals surface area contributed by atoms with Crippen LogP contribution in [0.5, 0.6) is 0 Å². The topological polar surface area (TPSA) is 62.5 Å². The standard InChI is InChI=1S/C12H17NO3/c1-8-6-10(16-11(8)12(14)15)7-13-5-4-9-2-3-9/h6,9,13H,2-5,7H2,1H3,(H,14,15). The maximum Gasteiger partial charge on any atom is 0.372 e. The van der Waals surface area contributed by atoms with Crippen LogP contribution in [0.4, 0.5) is 0 Å². The van der Waals surface area contributed by atoms with Crippen LogP contribution in [-0.2, 0) is 6.54 Å². The predicted octanol–water partition coefficient (Wildman–Crippen LogP) is 2.18. The number of carbonyl (C=O) groups is 1. The third kappa shape index (κ3) is 2.85. The van der Waals surface area contributed by atoms with Gasteiger partial charge < -0.3 is 14.8 Å². The van der Waals surface area contributed by atoms with Gasteiger partial charge in [0.25, 0.3) is 0 Å². The second kappa shape index (κ2) is 4.70. The number of nitrogens with one attached hydrogen (secondary N) is 1. The minimum Gasteiger partial charge on any atom is -0.475 e. The number of hydrogen-bond donors (Lipinski definition) is 2. The Labute approximate surface area is 94.6 Å². The zero-order valence-corrected chi connectivity index (χ0v) is 9.45. The van der Waals surface area contributed by atoms with E-state index in [9.17, 15) is 4.79 Å². The predicted molar refractivity (Wildman–Crippen MR) is 59.5 cm³/mol. The Hall–Kier alpha value is -1.29. The smallest absolute Gasteiger partial charge is 0.372 e. The summed E-state index contributed by atoms with van der Waals surface area (Å²) < 4.78 is 5.24. The van der Waals surface area contributed by atoms with Gasteiger partial charge in [-0.15, -0.1) is 0 Å². The van der Waals surface area contributed by atoms with Gasteiger partial charge in [-0.2, -0.15) is 0 Å². The third-order valence-corrected chi connectivity index (χ3v) is 2.89. The average molecular weight is 223 g/mol. The lowest BCUT2D eigenvalue weighted by Crippen LogP contribution is -2.14. The summed E-state index contributed by atoms with van der Waals surface area (Å²) >= 11 is 0. The third-order valence-electron chi connectivity index (χ3n) is 2.89. The summed E-state index contributed by atoms with van der Waals surface area (Å²) in [4.78, 5) is 10.7. The molecule has 0 radical (unpaired) electrons. The normalized spacial score (nSPS) is 15.3. The van der Waals surface area contributed by atoms with E-state index < -0.39 is 5.97 Å². The molecule has 1 fully saturated rings. The first-order valence-corrected chi connectivity index (χ1v) is 5.70. The average Bonchev–Trinajstić information content (AvgIpc) is 2.97. The lowest BCUT2D eigenvalue weighted by molar-refractivity contribution is 0.0659. The second-order valence-corrected chi connectivity index (χ2v) is 4.44. The van der Waals surface area contributed by atoms with Gasteiger partial charge in [0, 0.05) is 5.56 Å². The van der Waals surface area contributed by atoms with Crippen molar-refractivity contribution in [2.75, 3.05) is 6.54 Å². The molecule has 0 aromatic carbocycles. The number of carboxylic acid groups (broad SMARTS) is 1. The van der Waals surface area contributed by atoms with Crippen LogP contribution >= 0.6 is 0 Å². The molecule has 0 saturated heterocycles. The van der Waals surface area contributed by atoms with E-state index in [4.69, 9.17) is 9.52 Å². The van der Waals surface area contributed by atoms with Crippen LogP contribution in [0.2, 0.25) is 0 Å². The van der Waals surface area contributed by atoms with Crippen molar-refractivity contribution in [2.45, 2.75) is 32.7 Å². The van der Waals surface area contributed by atoms with Gasteiger partial charge in [-0.3, -0.25) is 0 Å². The first-order chi connectivity index (χ1) is 7.66. The van der Waals surface area contributed by atoms with Gasteiger partial charge >= 0.3 is 5.97 Å². The van der Waals surface area contributed by atoms with Gasteiger partial charge in [0.1, 0.15) is 5.76 Å². The highest BCUT2D eigenvalue weighted by molar-refractivity contribution is 5.86. The van der Waals surface area contributed by atoms with Crippen molar-refractivity contribution in [3.05, 3.63) is 23.2 Å². The molecule has 88 valence electrons. The quantitative estimate of drug-likeness (QED) is 0.725. The van der Waals surface area contributed by atoms with Crippen LogP contribution in [0.25, 0.3) is 0 Å². The van der Waals surface area contributed by atoms with E-state index >= 15 is 0 Å². The van der Waals surface area contributed by atoms with Crippen LogP contribution in [0, 0.1) is 12.8 Å². The Balaban J connectivity index is 1.79. The Morgan fingerprint density at radius 2 is 2.38 bits per heavy atom. The molecule has 0 bridgehead atoms. The number of aryl methyl sites for hydroxylation is 1. The maximum atomic E-state index is 10.7. The highest BCUT2D eigenvalue weighted by Crippen LogP contribution is 2.31. The summed E-state index contributed by atoms with van der Waals surface area (Å²) in [6.07, 6.45) is 3.95. The summed E-state index contributed by atoms with van der Waals surface area (Å²) in [5.41, 5.74) is 0.687. The molecule has 0 unspecified atom stereocenters. The molecule has 1 aromatic heterocycles. The van der Waals surface area contributed by atoms with Gasteiger partial charge in [0.15, 0.2) is 0 Å². The number of rotatable bonds is 6. The summed E-state index contributed by atoms with van der Waals surface area (Å²) in [5, 5.41) is 12.1. The SMILES string of the molecule is Cc1cc(CNCCC2CC2)oc1C(=O)O. The fourth-order valence-corrected chi connectivity index (χ4v) is 1.77. The Bertz CT molecular complexity index is 380. The molecular formula is C12H17NO3. The van der Waals surface area contributed by atoms with E-state index in [0.717, 1.165) is 12.5 Å². The molecule has 0 atom stereocenters. The number of furan rings is 1. The zero-order valence-electron chi connectivity index (χ0n) is 9.45. The highest BCUT2D eigenvalue weighted by Gasteiger charge is 2.20. The first kappa shape index (κ1) is 11.2. The molecule has 2 N–H and O–H groups in total. The monoisotopic (exact) mass is 223 g/mol. The summed E-state index contributed by atoms with van der Waals surface area (Å²) in [6.45, 7) is 3.34. The van der Waals surface area contributed by atoms with Crippen LogP contribution in [0.3, 0.4) is 0 Å². The van der Waals surface area contributed by atoms with Gasteiger partial charge in [0.2, 0.25) is 5.76 Å². The first-order valence-electron chi connectivity index (χ1n) is 5.70. The number of aromatic carboxylic acids is 1. The minimum absolute atomic E-state index is 0.0546. The van der Waals surface area contributed by atoms with Crippen molar-refractivity contribution in [1.29, 1.82) is 0 Å². The minimum atomic E-state index is -0.998. The van der Waals surface area contributed by atoms with Crippen molar-refractivity contribution in [2.24, 2.45) is 5.92 Å². The van der Waals surface area contributed by atoms with Crippen molar-refractivity contribution in [3.63, 3.8) is 0 Å². The molecule has 1 aromatic rings. The van der Waals surface area contributed by atoms with Gasteiger partial charge in [-0.05, 0) is 31.9 Å². The van der Waals surface area contributed by atoms with E-state index in [2.05, 4.69) is 5.32 Å². The molecule has 1 saturated carbocycles. The lowest BCUT2D eigenvalue weighted by Gasteiger charge is -2.00. The van der Waals surface area contributed by atoms with Gasteiger partial charge in [0.05, 0.1) is 6.54 Å². The van der Waals surface area contributed by atoms with Crippen LogP contribution < -0.4 is 5.32 Å². The van der Waals surface area contributed by atoms with Crippen LogP contribution in [-0.4, -0.2) is 17.6 Å². The molecule has 1 aliphatic carbocycles. The molecule has 4 heteroatoms. The molecule has 16 heavy (non-hydrogen) atoms. The zero-order chi connectivity index (χ0) is 11.5. The van der Waals surface area contributed by atoms with E-state index in [1.54, 1.807) is 13.0 Å². The van der Waals surface area contributed by atoms with Crippen molar-refractivity contribution < 1.29 is 14.3 Å². The van der Waals surface area contributed by atoms with E-state index in [1.165, 1.54) is 19.3 Å². The van der Waals surface area contributed by atoms with Crippen LogP contribution in [0.15, 0.2) is 10.5 Å². The molecular weight excluding hydrogens is 206 g/mol. The van der Waals surface area contributed by atoms with Crippen molar-refractivity contribution in [1.82, 2.24) is 5.32 Å². The van der Waals surface area contributed by atoms with Gasteiger partial charge in [-0.1, -0.05) is 12.8 Å². The molecule has 4 nitrogen and oxygen atoms in total. The summed E-state index contributed by atoms with van der Waals surface area (Å²) in [6, 6.07) is 1.79. The number of carboxylic acids is 1. The molecule has 0 aliphatic heterocycles. The van der Waals surface area contributed by atoms with E-state index in [0.29, 0.717) is 17.9 Å². The lowest BCUT2D eigenvalue weighted by atomic mass is 10.2. The Kier molecular flexibility index (Phi) is 3.29.